The van der Waals surface area contributed by atoms with Crippen LogP contribution in [0.15, 0.2) is 18.2 Å². The Hall–Kier alpha value is -0.240. The molecule has 1 aliphatic carbocycles. The molecule has 2 rings (SSSR count). The lowest BCUT2D eigenvalue weighted by atomic mass is 9.79. The fourth-order valence-electron chi connectivity index (χ4n) is 2.55. The molecule has 0 aromatic heterocycles. The number of halogens is 2. The summed E-state index contributed by atoms with van der Waals surface area (Å²) in [6, 6.07) is 5.85. The van der Waals surface area contributed by atoms with Gasteiger partial charge in [-0.1, -0.05) is 48.2 Å². The number of hydrogen-bond donors (Lipinski definition) is 1. The molecule has 1 saturated carbocycles. The summed E-state index contributed by atoms with van der Waals surface area (Å²) < 4.78 is 0. The van der Waals surface area contributed by atoms with Crippen LogP contribution in [0.2, 0.25) is 10.0 Å². The van der Waals surface area contributed by atoms with E-state index in [1.165, 1.54) is 12.8 Å². The minimum Gasteiger partial charge on any atom is -0.330 e. The average Bonchev–Trinajstić information content (AvgIpc) is 2.72. The van der Waals surface area contributed by atoms with Crippen LogP contribution in [0, 0.1) is 0 Å². The van der Waals surface area contributed by atoms with E-state index in [-0.39, 0.29) is 5.41 Å². The fourth-order valence-corrected chi connectivity index (χ4v) is 3.05. The van der Waals surface area contributed by atoms with Crippen molar-refractivity contribution in [2.45, 2.75) is 31.1 Å². The molecule has 0 aliphatic heterocycles. The van der Waals surface area contributed by atoms with E-state index in [0.717, 1.165) is 18.4 Å². The summed E-state index contributed by atoms with van der Waals surface area (Å²) in [6.07, 6.45) is 4.73. The molecule has 0 radical (unpaired) electrons. The average molecular weight is 244 g/mol. The highest BCUT2D eigenvalue weighted by atomic mass is 35.5. The van der Waals surface area contributed by atoms with Crippen LogP contribution in [0.4, 0.5) is 0 Å². The van der Waals surface area contributed by atoms with Gasteiger partial charge in [0.2, 0.25) is 0 Å². The third-order valence-electron chi connectivity index (χ3n) is 3.47. The van der Waals surface area contributed by atoms with Gasteiger partial charge in [-0.05, 0) is 24.5 Å². The summed E-state index contributed by atoms with van der Waals surface area (Å²) in [6.45, 7) is 0.660. The first-order valence-electron chi connectivity index (χ1n) is 5.34. The summed E-state index contributed by atoms with van der Waals surface area (Å²) in [5.74, 6) is 0. The molecule has 2 N–H and O–H groups in total. The van der Waals surface area contributed by atoms with Gasteiger partial charge in [-0.25, -0.2) is 0 Å². The quantitative estimate of drug-likeness (QED) is 0.842. The second-order valence-electron chi connectivity index (χ2n) is 4.29. The van der Waals surface area contributed by atoms with Gasteiger partial charge in [0, 0.05) is 12.0 Å². The van der Waals surface area contributed by atoms with Crippen molar-refractivity contribution in [2.75, 3.05) is 6.54 Å². The Bertz CT molecular complexity index is 357. The largest absolute Gasteiger partial charge is 0.330 e. The van der Waals surface area contributed by atoms with E-state index in [0.29, 0.717) is 16.6 Å². The zero-order valence-electron chi connectivity index (χ0n) is 8.60. The zero-order valence-corrected chi connectivity index (χ0v) is 10.1. The van der Waals surface area contributed by atoms with Gasteiger partial charge in [-0.2, -0.15) is 0 Å². The second kappa shape index (κ2) is 4.32. The molecule has 0 spiro atoms. The highest BCUT2D eigenvalue weighted by Gasteiger charge is 2.36. The molecule has 0 atom stereocenters. The van der Waals surface area contributed by atoms with Crippen molar-refractivity contribution >= 4 is 23.2 Å². The van der Waals surface area contributed by atoms with Crippen LogP contribution in [-0.2, 0) is 5.41 Å². The maximum Gasteiger partial charge on any atom is 0.0630 e. The van der Waals surface area contributed by atoms with Crippen molar-refractivity contribution < 1.29 is 0 Å². The lowest BCUT2D eigenvalue weighted by Crippen LogP contribution is -2.32. The van der Waals surface area contributed by atoms with Crippen LogP contribution >= 0.6 is 23.2 Å². The normalized spacial score (nSPS) is 19.4. The predicted molar refractivity (Wildman–Crippen MR) is 65.7 cm³/mol. The van der Waals surface area contributed by atoms with Crippen molar-refractivity contribution in [3.63, 3.8) is 0 Å². The van der Waals surface area contributed by atoms with Crippen LogP contribution in [-0.4, -0.2) is 6.54 Å². The van der Waals surface area contributed by atoms with Gasteiger partial charge in [0.25, 0.3) is 0 Å². The molecule has 1 nitrogen and oxygen atoms in total. The van der Waals surface area contributed by atoms with Crippen LogP contribution < -0.4 is 5.73 Å². The Kier molecular flexibility index (Phi) is 3.24. The lowest BCUT2D eigenvalue weighted by molar-refractivity contribution is 0.453. The van der Waals surface area contributed by atoms with Crippen molar-refractivity contribution in [2.24, 2.45) is 5.73 Å². The van der Waals surface area contributed by atoms with Crippen molar-refractivity contribution in [3.05, 3.63) is 33.8 Å². The van der Waals surface area contributed by atoms with Gasteiger partial charge in [0.05, 0.1) is 10.0 Å². The van der Waals surface area contributed by atoms with E-state index in [1.807, 2.05) is 12.1 Å². The lowest BCUT2D eigenvalue weighted by Gasteiger charge is -2.29. The van der Waals surface area contributed by atoms with Crippen LogP contribution in [0.1, 0.15) is 31.2 Å². The van der Waals surface area contributed by atoms with E-state index in [2.05, 4.69) is 6.07 Å². The summed E-state index contributed by atoms with van der Waals surface area (Å²) in [5.41, 5.74) is 7.13. The van der Waals surface area contributed by atoms with Gasteiger partial charge in [0.15, 0.2) is 0 Å². The second-order valence-corrected chi connectivity index (χ2v) is 5.08. The first-order valence-corrected chi connectivity index (χ1v) is 6.10. The third kappa shape index (κ3) is 1.89. The van der Waals surface area contributed by atoms with E-state index in [4.69, 9.17) is 28.9 Å². The van der Waals surface area contributed by atoms with E-state index < -0.39 is 0 Å². The highest BCUT2D eigenvalue weighted by molar-refractivity contribution is 6.42. The maximum absolute atomic E-state index is 6.25. The van der Waals surface area contributed by atoms with Crippen LogP contribution in [0.5, 0.6) is 0 Å². The predicted octanol–water partition coefficient (Wildman–Crippen LogP) is 3.76. The first-order chi connectivity index (χ1) is 7.19. The molecule has 0 unspecified atom stereocenters. The Morgan fingerprint density at radius 1 is 1.20 bits per heavy atom. The van der Waals surface area contributed by atoms with Gasteiger partial charge in [-0.3, -0.25) is 0 Å². The summed E-state index contributed by atoms with van der Waals surface area (Å²) >= 11 is 12.3. The van der Waals surface area contributed by atoms with Crippen molar-refractivity contribution in [1.82, 2.24) is 0 Å². The van der Waals surface area contributed by atoms with Gasteiger partial charge < -0.3 is 5.73 Å². The maximum atomic E-state index is 6.25. The van der Waals surface area contributed by atoms with Gasteiger partial charge in [0.1, 0.15) is 0 Å². The Labute approximate surface area is 101 Å². The van der Waals surface area contributed by atoms with Crippen LogP contribution in [0.3, 0.4) is 0 Å². The smallest absolute Gasteiger partial charge is 0.0630 e. The number of rotatable bonds is 2. The molecule has 1 fully saturated rings. The number of benzene rings is 1. The number of nitrogens with two attached hydrogens (primary N) is 1. The van der Waals surface area contributed by atoms with E-state index in [1.54, 1.807) is 0 Å². The molecule has 15 heavy (non-hydrogen) atoms. The summed E-state index contributed by atoms with van der Waals surface area (Å²) in [4.78, 5) is 0. The Morgan fingerprint density at radius 2 is 1.87 bits per heavy atom. The molecule has 1 aliphatic rings. The minimum atomic E-state index is 0.0714. The first kappa shape index (κ1) is 11.3. The van der Waals surface area contributed by atoms with E-state index >= 15 is 0 Å². The SMILES string of the molecule is NCC1(c2cccc(Cl)c2Cl)CCCC1. The zero-order chi connectivity index (χ0) is 10.9. The monoisotopic (exact) mass is 243 g/mol. The van der Waals surface area contributed by atoms with Crippen molar-refractivity contribution in [1.29, 1.82) is 0 Å². The Balaban J connectivity index is 2.47. The van der Waals surface area contributed by atoms with Gasteiger partial charge >= 0.3 is 0 Å². The van der Waals surface area contributed by atoms with E-state index in [9.17, 15) is 0 Å². The highest BCUT2D eigenvalue weighted by Crippen LogP contribution is 2.44. The topological polar surface area (TPSA) is 26.0 Å². The molecule has 0 saturated heterocycles. The fraction of sp³-hybridized carbons (Fsp3) is 0.500. The Morgan fingerprint density at radius 3 is 2.47 bits per heavy atom. The molecule has 0 bridgehead atoms. The molecule has 3 heteroatoms. The molecular formula is C12H15Cl2N. The molecule has 0 heterocycles. The standard InChI is InChI=1S/C12H15Cl2N/c13-10-5-3-4-9(11(10)14)12(8-15)6-1-2-7-12/h3-5H,1-2,6-8,15H2. The molecule has 1 aromatic rings. The third-order valence-corrected chi connectivity index (χ3v) is 4.29. The summed E-state index contributed by atoms with van der Waals surface area (Å²) in [7, 11) is 0. The van der Waals surface area contributed by atoms with Crippen LogP contribution in [0.25, 0.3) is 0 Å². The van der Waals surface area contributed by atoms with Crippen molar-refractivity contribution in [3.8, 4) is 0 Å². The number of hydrogen-bond acceptors (Lipinski definition) is 1. The van der Waals surface area contributed by atoms with Gasteiger partial charge in [-0.15, -0.1) is 0 Å². The molecule has 0 amide bonds. The molecule has 1 aromatic carbocycles. The minimum absolute atomic E-state index is 0.0714. The summed E-state index contributed by atoms with van der Waals surface area (Å²) in [5, 5.41) is 1.32. The molecule has 82 valence electrons. The molecular weight excluding hydrogens is 229 g/mol.